The summed E-state index contributed by atoms with van der Waals surface area (Å²) in [5, 5.41) is 11.7. The molecule has 0 aromatic carbocycles. The minimum absolute atomic E-state index is 0.0943. The van der Waals surface area contributed by atoms with E-state index >= 15 is 0 Å². The average Bonchev–Trinajstić information content (AvgIpc) is 3.49. The summed E-state index contributed by atoms with van der Waals surface area (Å²) >= 11 is 0. The van der Waals surface area contributed by atoms with Crippen LogP contribution in [0.25, 0.3) is 0 Å². The molecule has 10 aliphatic rings. The molecule has 0 N–H and O–H groups in total. The molecule has 8 saturated heterocycles. The zero-order chi connectivity index (χ0) is 36.2. The van der Waals surface area contributed by atoms with Gasteiger partial charge in [-0.15, -0.1) is 0 Å². The lowest BCUT2D eigenvalue weighted by molar-refractivity contribution is -0.605. The number of hydrogen-bond donors (Lipinski definition) is 0. The predicted molar refractivity (Wildman–Crippen MR) is 182 cm³/mol. The molecule has 9 heterocycles. The topological polar surface area (TPSA) is 127 Å². The quantitative estimate of drug-likeness (QED) is 0.135. The zero-order valence-electron chi connectivity index (χ0n) is 31.5. The maximum Gasteiger partial charge on any atom is 0.338 e. The first-order valence-electron chi connectivity index (χ1n) is 20.1. The summed E-state index contributed by atoms with van der Waals surface area (Å²) in [4.78, 5) is 38.3. The monoisotopic (exact) mass is 727 g/mol. The third-order valence-electron chi connectivity index (χ3n) is 15.2. The van der Waals surface area contributed by atoms with Crippen LogP contribution in [0.2, 0.25) is 0 Å². The first-order chi connectivity index (χ1) is 24.8. The summed E-state index contributed by atoms with van der Waals surface area (Å²) in [6, 6.07) is 2.98. The minimum Gasteiger partial charge on any atom is -0.619 e. The second kappa shape index (κ2) is 12.8. The van der Waals surface area contributed by atoms with Crippen LogP contribution in [0, 0.1) is 58.5 Å². The Morgan fingerprint density at radius 3 is 1.71 bits per heavy atom. The van der Waals surface area contributed by atoms with Crippen LogP contribution < -0.4 is 4.73 Å². The maximum absolute atomic E-state index is 13.3. The third kappa shape index (κ3) is 5.51. The van der Waals surface area contributed by atoms with Gasteiger partial charge in [-0.05, 0) is 107 Å². The largest absolute Gasteiger partial charge is 0.619 e. The van der Waals surface area contributed by atoms with Crippen LogP contribution in [0.1, 0.15) is 116 Å². The van der Waals surface area contributed by atoms with Crippen LogP contribution in [-0.4, -0.2) is 60.1 Å². The Morgan fingerprint density at radius 1 is 0.750 bits per heavy atom. The van der Waals surface area contributed by atoms with Crippen molar-refractivity contribution in [3.8, 4) is 0 Å². The van der Waals surface area contributed by atoms with Gasteiger partial charge in [0.1, 0.15) is 0 Å². The summed E-state index contributed by atoms with van der Waals surface area (Å²) in [5.74, 6) is -0.0271. The van der Waals surface area contributed by atoms with E-state index in [0.717, 1.165) is 51.4 Å². The number of ether oxygens (including phenoxy) is 5. The highest BCUT2D eigenvalue weighted by Crippen LogP contribution is 2.63. The SMILES string of the molecule is C[C@@H]1CCC2[C@@H](C)[C@@H](CC(COC(=O)c3cc[n+]([O-])cc3)C[C@H]3O[C@@H]4O[C@]5(C)CCC6[C@H](C)CCC([C@H]3C)[C@]64OO5)O[C@@H]3O[C@]4(C)CCC1[C@@]23OO4. The van der Waals surface area contributed by atoms with Crippen molar-refractivity contribution in [2.75, 3.05) is 6.61 Å². The number of fused-ring (bicyclic) bond motifs is 4. The molecule has 12 nitrogen and oxygen atoms in total. The van der Waals surface area contributed by atoms with Gasteiger partial charge in [-0.3, -0.25) is 0 Å². The molecule has 1 aromatic heterocycles. The van der Waals surface area contributed by atoms with Gasteiger partial charge < -0.3 is 28.9 Å². The molecule has 2 aliphatic carbocycles. The first-order valence-corrected chi connectivity index (χ1v) is 20.1. The van der Waals surface area contributed by atoms with Crippen molar-refractivity contribution >= 4 is 5.97 Å². The zero-order valence-corrected chi connectivity index (χ0v) is 31.5. The highest BCUT2D eigenvalue weighted by atomic mass is 17.3. The number of carbonyl (C=O) groups is 1. The first kappa shape index (κ1) is 35.8. The molecule has 0 amide bonds. The van der Waals surface area contributed by atoms with E-state index in [0.29, 0.717) is 35.0 Å². The van der Waals surface area contributed by atoms with Crippen LogP contribution in [0.5, 0.6) is 0 Å². The number of nitrogens with zero attached hydrogens (tertiary/aromatic N) is 1. The molecule has 2 spiro atoms. The van der Waals surface area contributed by atoms with E-state index in [1.807, 2.05) is 13.8 Å². The van der Waals surface area contributed by atoms with Crippen molar-refractivity contribution in [1.29, 1.82) is 0 Å². The van der Waals surface area contributed by atoms with Gasteiger partial charge >= 0.3 is 5.97 Å². The lowest BCUT2D eigenvalue weighted by Crippen LogP contribution is -2.70. The van der Waals surface area contributed by atoms with Crippen molar-refractivity contribution in [2.24, 2.45) is 53.3 Å². The number of rotatable bonds is 7. The highest BCUT2D eigenvalue weighted by Gasteiger charge is 2.71. The summed E-state index contributed by atoms with van der Waals surface area (Å²) < 4.78 is 34.1. The second-order valence-electron chi connectivity index (χ2n) is 18.3. The predicted octanol–water partition coefficient (Wildman–Crippen LogP) is 6.37. The van der Waals surface area contributed by atoms with Crippen LogP contribution in [0.15, 0.2) is 24.5 Å². The van der Waals surface area contributed by atoms with Gasteiger partial charge in [0, 0.05) is 36.8 Å². The summed E-state index contributed by atoms with van der Waals surface area (Å²) in [7, 11) is 0. The summed E-state index contributed by atoms with van der Waals surface area (Å²) in [6.07, 6.45) is 10.3. The molecule has 11 rings (SSSR count). The van der Waals surface area contributed by atoms with Gasteiger partial charge in [0.05, 0.1) is 24.4 Å². The molecule has 52 heavy (non-hydrogen) atoms. The molecule has 2 saturated carbocycles. The fraction of sp³-hybridized carbons (Fsp3) is 0.850. The fourth-order valence-corrected chi connectivity index (χ4v) is 12.2. The highest BCUT2D eigenvalue weighted by molar-refractivity contribution is 5.89. The van der Waals surface area contributed by atoms with Gasteiger partial charge in [0.25, 0.3) is 0 Å². The van der Waals surface area contributed by atoms with E-state index in [4.69, 9.17) is 43.2 Å². The van der Waals surface area contributed by atoms with Gasteiger partial charge in [-0.25, -0.2) is 24.3 Å². The Morgan fingerprint density at radius 2 is 1.23 bits per heavy atom. The van der Waals surface area contributed by atoms with Crippen molar-refractivity contribution in [1.82, 2.24) is 0 Å². The number of pyridine rings is 1. The molecule has 16 atom stereocenters. The van der Waals surface area contributed by atoms with Crippen molar-refractivity contribution in [2.45, 2.75) is 153 Å². The maximum atomic E-state index is 13.3. The van der Waals surface area contributed by atoms with Crippen molar-refractivity contribution in [3.05, 3.63) is 35.3 Å². The molecular weight excluding hydrogens is 670 g/mol. The molecule has 1 aromatic rings. The molecule has 10 fully saturated rings. The Hall–Kier alpha value is -1.90. The molecule has 12 heteroatoms. The smallest absolute Gasteiger partial charge is 0.338 e. The van der Waals surface area contributed by atoms with Crippen molar-refractivity contribution < 1.29 is 52.8 Å². The summed E-state index contributed by atoms with van der Waals surface area (Å²) in [6.45, 7) is 13.3. The number of aromatic nitrogens is 1. The van der Waals surface area contributed by atoms with E-state index in [9.17, 15) is 10.0 Å². The van der Waals surface area contributed by atoms with Crippen LogP contribution in [-0.2, 0) is 43.2 Å². The van der Waals surface area contributed by atoms with E-state index in [-0.39, 0.29) is 60.2 Å². The lowest BCUT2D eigenvalue weighted by Gasteiger charge is -2.61. The second-order valence-corrected chi connectivity index (χ2v) is 18.3. The summed E-state index contributed by atoms with van der Waals surface area (Å²) in [5.41, 5.74) is -0.948. The molecule has 4 unspecified atom stereocenters. The third-order valence-corrected chi connectivity index (χ3v) is 15.2. The molecule has 4 bridgehead atoms. The normalized spacial score (nSPS) is 51.0. The fourth-order valence-electron chi connectivity index (χ4n) is 12.2. The van der Waals surface area contributed by atoms with Crippen molar-refractivity contribution in [3.63, 3.8) is 0 Å². The molecule has 8 aliphatic heterocycles. The number of esters is 1. The number of carbonyl (C=O) groups excluding carboxylic acids is 1. The Balaban J connectivity index is 0.995. The standard InChI is InChI=1S/C40H57NO11/c1-22-7-9-30-24(3)32(45-35-39(30)28(22)11-15-37(5,47-35)49-51-39)19-26(21-44-34(42)27-13-17-41(43)18-14-27)20-33-25(4)31-10-8-23(2)29-12-16-38(6)48-36(46-33)40(29,31)52-50-38/h13-14,17-18,22-26,28-33,35-36H,7-12,15-16,19-21H2,1-6H3/t22-,23-,24-,25-,26?,28?,29?,30?,31?,32-,33-,35-,36-,37+,38+,39-,40-/m1/s1. The van der Waals surface area contributed by atoms with Crippen LogP contribution >= 0.6 is 0 Å². The molecule has 288 valence electrons. The van der Waals surface area contributed by atoms with E-state index in [2.05, 4.69) is 27.7 Å². The Bertz CT molecular complexity index is 1430. The van der Waals surface area contributed by atoms with Gasteiger partial charge in [-0.2, -0.15) is 4.73 Å². The number of hydrogen-bond acceptors (Lipinski definition) is 11. The van der Waals surface area contributed by atoms with Crippen LogP contribution in [0.3, 0.4) is 0 Å². The van der Waals surface area contributed by atoms with Gasteiger partial charge in [0.15, 0.2) is 36.2 Å². The lowest BCUT2D eigenvalue weighted by atomic mass is 9.56. The van der Waals surface area contributed by atoms with Crippen LogP contribution in [0.4, 0.5) is 0 Å². The molecule has 0 radical (unpaired) electrons. The van der Waals surface area contributed by atoms with Gasteiger partial charge in [0.2, 0.25) is 11.6 Å². The van der Waals surface area contributed by atoms with E-state index in [1.165, 1.54) is 24.5 Å². The molecular formula is C40H57NO11. The van der Waals surface area contributed by atoms with E-state index < -0.39 is 41.3 Å². The minimum atomic E-state index is -0.854. The average molecular weight is 728 g/mol. The Labute approximate surface area is 306 Å². The van der Waals surface area contributed by atoms with E-state index in [1.54, 1.807) is 0 Å². The Kier molecular flexibility index (Phi) is 8.83. The van der Waals surface area contributed by atoms with Gasteiger partial charge in [-0.1, -0.05) is 27.7 Å².